The Morgan fingerprint density at radius 2 is 1.67 bits per heavy atom. The summed E-state index contributed by atoms with van der Waals surface area (Å²) in [4.78, 5) is 0. The number of methoxy groups -OCH3 is 1. The molecule has 18 heavy (non-hydrogen) atoms. The van der Waals surface area contributed by atoms with Crippen molar-refractivity contribution < 1.29 is 9.84 Å². The van der Waals surface area contributed by atoms with Gasteiger partial charge in [0, 0.05) is 5.69 Å². The molecule has 0 aliphatic rings. The Morgan fingerprint density at radius 3 is 2.22 bits per heavy atom. The van der Waals surface area contributed by atoms with Crippen LogP contribution in [-0.4, -0.2) is 12.2 Å². The third-order valence-corrected chi connectivity index (χ3v) is 3.04. The molecular formula is C15H17NO2. The summed E-state index contributed by atoms with van der Waals surface area (Å²) in [6.07, 6.45) is -0.643. The number of ether oxygens (including phenoxy) is 1. The van der Waals surface area contributed by atoms with Crippen LogP contribution in [0.5, 0.6) is 5.75 Å². The molecule has 0 saturated heterocycles. The van der Waals surface area contributed by atoms with E-state index in [2.05, 4.69) is 0 Å². The minimum absolute atomic E-state index is 0.643. The maximum Gasteiger partial charge on any atom is 0.118 e. The van der Waals surface area contributed by atoms with Gasteiger partial charge in [0.1, 0.15) is 11.9 Å². The van der Waals surface area contributed by atoms with Crippen molar-refractivity contribution in [1.82, 2.24) is 0 Å². The average Bonchev–Trinajstić information content (AvgIpc) is 2.41. The second-order valence-corrected chi connectivity index (χ2v) is 4.29. The van der Waals surface area contributed by atoms with Crippen LogP contribution in [0.3, 0.4) is 0 Å². The predicted molar refractivity (Wildman–Crippen MR) is 72.6 cm³/mol. The molecule has 0 bridgehead atoms. The number of hydrogen-bond donors (Lipinski definition) is 2. The summed E-state index contributed by atoms with van der Waals surface area (Å²) in [6, 6.07) is 13.0. The van der Waals surface area contributed by atoms with Crippen LogP contribution in [-0.2, 0) is 0 Å². The number of nitrogens with two attached hydrogens (primary N) is 1. The summed E-state index contributed by atoms with van der Waals surface area (Å²) < 4.78 is 5.09. The molecule has 94 valence electrons. The topological polar surface area (TPSA) is 55.5 Å². The fourth-order valence-electron chi connectivity index (χ4n) is 1.85. The van der Waals surface area contributed by atoms with Crippen LogP contribution in [0.1, 0.15) is 22.8 Å². The molecule has 0 spiro atoms. The van der Waals surface area contributed by atoms with Gasteiger partial charge in [0.05, 0.1) is 7.11 Å². The number of nitrogen functional groups attached to an aromatic ring is 1. The Kier molecular flexibility index (Phi) is 3.53. The predicted octanol–water partition coefficient (Wildman–Crippen LogP) is 2.67. The molecule has 0 aliphatic heterocycles. The molecule has 3 heteroatoms. The number of anilines is 1. The van der Waals surface area contributed by atoms with Crippen molar-refractivity contribution in [3.63, 3.8) is 0 Å². The van der Waals surface area contributed by atoms with Gasteiger partial charge in [0.15, 0.2) is 0 Å². The van der Waals surface area contributed by atoms with Crippen molar-refractivity contribution in [3.05, 3.63) is 59.2 Å². The Balaban J connectivity index is 2.28. The second kappa shape index (κ2) is 5.10. The van der Waals surface area contributed by atoms with Gasteiger partial charge in [-0.05, 0) is 41.8 Å². The maximum atomic E-state index is 10.3. The van der Waals surface area contributed by atoms with E-state index in [0.717, 1.165) is 28.1 Å². The molecule has 0 unspecified atom stereocenters. The first-order chi connectivity index (χ1) is 8.61. The SMILES string of the molecule is COc1ccc([C@H](O)c2ccc(N)c(C)c2)cc1. The molecule has 2 aromatic rings. The molecule has 0 aromatic heterocycles. The van der Waals surface area contributed by atoms with Crippen LogP contribution in [0.4, 0.5) is 5.69 Å². The Hall–Kier alpha value is -2.00. The first-order valence-electron chi connectivity index (χ1n) is 5.80. The van der Waals surface area contributed by atoms with E-state index in [1.165, 1.54) is 0 Å². The number of aliphatic hydroxyl groups is 1. The summed E-state index contributed by atoms with van der Waals surface area (Å²) >= 11 is 0. The monoisotopic (exact) mass is 243 g/mol. The van der Waals surface area contributed by atoms with Crippen molar-refractivity contribution in [3.8, 4) is 5.75 Å². The highest BCUT2D eigenvalue weighted by Crippen LogP contribution is 2.26. The molecule has 1 atom stereocenters. The number of aliphatic hydroxyl groups excluding tert-OH is 1. The lowest BCUT2D eigenvalue weighted by molar-refractivity contribution is 0.220. The summed E-state index contributed by atoms with van der Waals surface area (Å²) in [5, 5.41) is 10.3. The van der Waals surface area contributed by atoms with Crippen molar-refractivity contribution >= 4 is 5.69 Å². The van der Waals surface area contributed by atoms with E-state index in [0.29, 0.717) is 0 Å². The van der Waals surface area contributed by atoms with Gasteiger partial charge in [-0.15, -0.1) is 0 Å². The van der Waals surface area contributed by atoms with Crippen LogP contribution >= 0.6 is 0 Å². The van der Waals surface area contributed by atoms with E-state index in [-0.39, 0.29) is 0 Å². The van der Waals surface area contributed by atoms with Crippen molar-refractivity contribution in [1.29, 1.82) is 0 Å². The fourth-order valence-corrected chi connectivity index (χ4v) is 1.85. The third-order valence-electron chi connectivity index (χ3n) is 3.04. The number of benzene rings is 2. The van der Waals surface area contributed by atoms with Crippen molar-refractivity contribution in [2.45, 2.75) is 13.0 Å². The Morgan fingerprint density at radius 1 is 1.06 bits per heavy atom. The molecule has 0 saturated carbocycles. The van der Waals surface area contributed by atoms with E-state index in [4.69, 9.17) is 10.5 Å². The maximum absolute atomic E-state index is 10.3. The van der Waals surface area contributed by atoms with E-state index in [1.54, 1.807) is 7.11 Å². The zero-order valence-corrected chi connectivity index (χ0v) is 10.6. The van der Waals surface area contributed by atoms with E-state index >= 15 is 0 Å². The first kappa shape index (κ1) is 12.5. The summed E-state index contributed by atoms with van der Waals surface area (Å²) in [5.74, 6) is 0.777. The minimum Gasteiger partial charge on any atom is -0.497 e. The first-order valence-corrected chi connectivity index (χ1v) is 5.80. The molecule has 0 aliphatic carbocycles. The number of rotatable bonds is 3. The zero-order valence-electron chi connectivity index (χ0n) is 10.6. The highest BCUT2D eigenvalue weighted by Gasteiger charge is 2.11. The van der Waals surface area contributed by atoms with E-state index < -0.39 is 6.10 Å². The van der Waals surface area contributed by atoms with E-state index in [9.17, 15) is 5.11 Å². The molecule has 0 fully saturated rings. The van der Waals surface area contributed by atoms with Gasteiger partial charge in [-0.1, -0.05) is 24.3 Å². The molecule has 0 heterocycles. The zero-order chi connectivity index (χ0) is 13.1. The van der Waals surface area contributed by atoms with Gasteiger partial charge >= 0.3 is 0 Å². The van der Waals surface area contributed by atoms with Crippen LogP contribution in [0.25, 0.3) is 0 Å². The lowest BCUT2D eigenvalue weighted by atomic mass is 9.99. The molecule has 2 aromatic carbocycles. The van der Waals surface area contributed by atoms with Gasteiger partial charge in [-0.25, -0.2) is 0 Å². The highest BCUT2D eigenvalue weighted by molar-refractivity contribution is 5.49. The molecule has 3 nitrogen and oxygen atoms in total. The summed E-state index contributed by atoms with van der Waals surface area (Å²) in [6.45, 7) is 1.93. The van der Waals surface area contributed by atoms with Gasteiger partial charge in [-0.2, -0.15) is 0 Å². The second-order valence-electron chi connectivity index (χ2n) is 4.29. The molecule has 0 amide bonds. The van der Waals surface area contributed by atoms with Crippen LogP contribution in [0, 0.1) is 6.92 Å². The molecule has 2 rings (SSSR count). The Labute approximate surface area is 107 Å². The summed E-state index contributed by atoms with van der Waals surface area (Å²) in [5.41, 5.74) is 9.15. The molecule has 0 radical (unpaired) electrons. The summed E-state index contributed by atoms with van der Waals surface area (Å²) in [7, 11) is 1.62. The fraction of sp³-hybridized carbons (Fsp3) is 0.200. The van der Waals surface area contributed by atoms with Crippen LogP contribution in [0.15, 0.2) is 42.5 Å². The highest BCUT2D eigenvalue weighted by atomic mass is 16.5. The number of hydrogen-bond acceptors (Lipinski definition) is 3. The number of aryl methyl sites for hydroxylation is 1. The minimum atomic E-state index is -0.643. The average molecular weight is 243 g/mol. The van der Waals surface area contributed by atoms with Gasteiger partial charge in [0.2, 0.25) is 0 Å². The Bertz CT molecular complexity index is 535. The molecule has 3 N–H and O–H groups in total. The van der Waals surface area contributed by atoms with Gasteiger partial charge in [-0.3, -0.25) is 0 Å². The standard InChI is InChI=1S/C15H17NO2/c1-10-9-12(5-8-14(10)16)15(17)11-3-6-13(18-2)7-4-11/h3-9,15,17H,16H2,1-2H3/t15-/m0/s1. The largest absolute Gasteiger partial charge is 0.497 e. The van der Waals surface area contributed by atoms with Crippen LogP contribution < -0.4 is 10.5 Å². The lowest BCUT2D eigenvalue weighted by Crippen LogP contribution is -2.01. The molecular weight excluding hydrogens is 226 g/mol. The van der Waals surface area contributed by atoms with Crippen LogP contribution in [0.2, 0.25) is 0 Å². The van der Waals surface area contributed by atoms with Crippen molar-refractivity contribution in [2.75, 3.05) is 12.8 Å². The third kappa shape index (κ3) is 2.46. The smallest absolute Gasteiger partial charge is 0.118 e. The van der Waals surface area contributed by atoms with E-state index in [1.807, 2.05) is 49.4 Å². The quantitative estimate of drug-likeness (QED) is 0.815. The lowest BCUT2D eigenvalue weighted by Gasteiger charge is -2.13. The van der Waals surface area contributed by atoms with Gasteiger partial charge in [0.25, 0.3) is 0 Å². The van der Waals surface area contributed by atoms with Crippen molar-refractivity contribution in [2.24, 2.45) is 0 Å². The van der Waals surface area contributed by atoms with Gasteiger partial charge < -0.3 is 15.6 Å². The normalized spacial score (nSPS) is 12.2.